The summed E-state index contributed by atoms with van der Waals surface area (Å²) in [7, 11) is 1.70. The SMILES string of the molecule is C\C=C/C(C)=N/C=N\C. The quantitative estimate of drug-likeness (QED) is 0.395. The van der Waals surface area contributed by atoms with Gasteiger partial charge in [0, 0.05) is 12.8 Å². The largest absolute Gasteiger partial charge is 0.277 e. The van der Waals surface area contributed by atoms with Crippen molar-refractivity contribution in [1.29, 1.82) is 0 Å². The van der Waals surface area contributed by atoms with Gasteiger partial charge in [-0.2, -0.15) is 0 Å². The predicted octanol–water partition coefficient (Wildman–Crippen LogP) is 1.68. The van der Waals surface area contributed by atoms with Gasteiger partial charge in [0.2, 0.25) is 0 Å². The molecule has 0 aromatic heterocycles. The van der Waals surface area contributed by atoms with Crippen molar-refractivity contribution in [3.63, 3.8) is 0 Å². The van der Waals surface area contributed by atoms with Gasteiger partial charge in [-0.25, -0.2) is 4.99 Å². The van der Waals surface area contributed by atoms with Crippen LogP contribution in [0.25, 0.3) is 0 Å². The van der Waals surface area contributed by atoms with Gasteiger partial charge in [-0.3, -0.25) is 4.99 Å². The van der Waals surface area contributed by atoms with E-state index in [4.69, 9.17) is 0 Å². The number of hydrogen-bond donors (Lipinski definition) is 0. The van der Waals surface area contributed by atoms with Gasteiger partial charge in [0.15, 0.2) is 0 Å². The molecule has 0 N–H and O–H groups in total. The molecular weight excluding hydrogens is 112 g/mol. The third kappa shape index (κ3) is 4.94. The van der Waals surface area contributed by atoms with Crippen molar-refractivity contribution in [3.05, 3.63) is 12.2 Å². The van der Waals surface area contributed by atoms with E-state index >= 15 is 0 Å². The highest BCUT2D eigenvalue weighted by atomic mass is 14.8. The summed E-state index contributed by atoms with van der Waals surface area (Å²) in [5, 5.41) is 0. The van der Waals surface area contributed by atoms with E-state index in [1.807, 2.05) is 26.0 Å². The smallest absolute Gasteiger partial charge is 0.109 e. The van der Waals surface area contributed by atoms with Crippen LogP contribution in [0, 0.1) is 0 Å². The molecule has 0 heterocycles. The second kappa shape index (κ2) is 5.22. The molecule has 2 nitrogen and oxygen atoms in total. The highest BCUT2D eigenvalue weighted by Crippen LogP contribution is 1.77. The molecule has 0 radical (unpaired) electrons. The molecule has 0 spiro atoms. The Labute approximate surface area is 56.0 Å². The number of rotatable bonds is 2. The Morgan fingerprint density at radius 1 is 1.44 bits per heavy atom. The van der Waals surface area contributed by atoms with Crippen LogP contribution in [0.15, 0.2) is 22.1 Å². The molecule has 0 aliphatic heterocycles. The van der Waals surface area contributed by atoms with Crippen molar-refractivity contribution >= 4 is 12.1 Å². The molecular formula is C7H12N2. The third-order valence-electron chi connectivity index (χ3n) is 0.785. The minimum Gasteiger partial charge on any atom is -0.277 e. The number of hydrogen-bond acceptors (Lipinski definition) is 1. The van der Waals surface area contributed by atoms with E-state index in [9.17, 15) is 0 Å². The Bertz CT molecular complexity index is 143. The molecule has 9 heavy (non-hydrogen) atoms. The van der Waals surface area contributed by atoms with Gasteiger partial charge in [0.05, 0.1) is 0 Å². The molecule has 0 saturated heterocycles. The van der Waals surface area contributed by atoms with Crippen LogP contribution < -0.4 is 0 Å². The fraction of sp³-hybridized carbons (Fsp3) is 0.429. The maximum absolute atomic E-state index is 3.97. The zero-order chi connectivity index (χ0) is 7.11. The van der Waals surface area contributed by atoms with Gasteiger partial charge in [0.25, 0.3) is 0 Å². The highest BCUT2D eigenvalue weighted by molar-refractivity contribution is 5.97. The maximum Gasteiger partial charge on any atom is 0.109 e. The van der Waals surface area contributed by atoms with E-state index < -0.39 is 0 Å². The third-order valence-corrected chi connectivity index (χ3v) is 0.785. The highest BCUT2D eigenvalue weighted by Gasteiger charge is 1.74. The van der Waals surface area contributed by atoms with Crippen molar-refractivity contribution in [3.8, 4) is 0 Å². The average molecular weight is 124 g/mol. The van der Waals surface area contributed by atoms with Crippen molar-refractivity contribution in [2.45, 2.75) is 13.8 Å². The number of aliphatic imine (C=N–C) groups is 2. The normalized spacial score (nSPS) is 13.9. The summed E-state index contributed by atoms with van der Waals surface area (Å²) < 4.78 is 0. The Hall–Kier alpha value is -0.920. The zero-order valence-corrected chi connectivity index (χ0v) is 6.13. The van der Waals surface area contributed by atoms with Gasteiger partial charge in [-0.1, -0.05) is 6.08 Å². The molecule has 50 valence electrons. The van der Waals surface area contributed by atoms with Crippen molar-refractivity contribution in [2.75, 3.05) is 7.05 Å². The van der Waals surface area contributed by atoms with E-state index in [-0.39, 0.29) is 0 Å². The molecule has 0 amide bonds. The molecule has 2 heteroatoms. The fourth-order valence-corrected chi connectivity index (χ4v) is 0.433. The lowest BCUT2D eigenvalue weighted by molar-refractivity contribution is 1.44. The molecule has 0 aliphatic carbocycles. The Kier molecular flexibility index (Phi) is 4.69. The molecule has 0 bridgehead atoms. The van der Waals surface area contributed by atoms with Crippen molar-refractivity contribution in [2.24, 2.45) is 9.98 Å². The van der Waals surface area contributed by atoms with E-state index in [1.165, 1.54) is 6.34 Å². The van der Waals surface area contributed by atoms with Gasteiger partial charge in [-0.05, 0) is 19.9 Å². The summed E-state index contributed by atoms with van der Waals surface area (Å²) in [6.07, 6.45) is 5.42. The van der Waals surface area contributed by atoms with Crippen LogP contribution in [0.2, 0.25) is 0 Å². The van der Waals surface area contributed by atoms with E-state index in [0.717, 1.165) is 5.71 Å². The Morgan fingerprint density at radius 2 is 2.11 bits per heavy atom. The van der Waals surface area contributed by atoms with Gasteiger partial charge in [0.1, 0.15) is 6.34 Å². The summed E-state index contributed by atoms with van der Waals surface area (Å²) in [5.41, 5.74) is 0.975. The molecule has 0 rings (SSSR count). The average Bonchev–Trinajstić information content (AvgIpc) is 1.85. The van der Waals surface area contributed by atoms with Crippen LogP contribution in [-0.2, 0) is 0 Å². The standard InChI is InChI=1S/C7H12N2/c1-4-5-7(2)9-6-8-3/h4-6H,1-3H3/b5-4-,8-6-,9-7+. The second-order valence-corrected chi connectivity index (χ2v) is 1.64. The van der Waals surface area contributed by atoms with Crippen LogP contribution in [0.1, 0.15) is 13.8 Å². The van der Waals surface area contributed by atoms with Crippen LogP contribution in [0.4, 0.5) is 0 Å². The minimum atomic E-state index is 0.975. The van der Waals surface area contributed by atoms with Crippen LogP contribution in [-0.4, -0.2) is 19.1 Å². The molecule has 0 aliphatic rings. The van der Waals surface area contributed by atoms with Crippen molar-refractivity contribution in [1.82, 2.24) is 0 Å². The van der Waals surface area contributed by atoms with E-state index in [2.05, 4.69) is 9.98 Å². The summed E-state index contributed by atoms with van der Waals surface area (Å²) >= 11 is 0. The maximum atomic E-state index is 3.97. The molecule has 0 aromatic rings. The second-order valence-electron chi connectivity index (χ2n) is 1.64. The molecule has 0 fully saturated rings. The number of nitrogens with zero attached hydrogens (tertiary/aromatic N) is 2. The van der Waals surface area contributed by atoms with E-state index in [0.29, 0.717) is 0 Å². The first-order valence-electron chi connectivity index (χ1n) is 2.89. The Morgan fingerprint density at radius 3 is 2.56 bits per heavy atom. The minimum absolute atomic E-state index is 0.975. The monoisotopic (exact) mass is 124 g/mol. The Balaban J connectivity index is 3.84. The predicted molar refractivity (Wildman–Crippen MR) is 42.3 cm³/mol. The summed E-state index contributed by atoms with van der Waals surface area (Å²) in [6, 6.07) is 0. The topological polar surface area (TPSA) is 24.7 Å². The molecule has 0 unspecified atom stereocenters. The summed E-state index contributed by atoms with van der Waals surface area (Å²) in [4.78, 5) is 7.68. The van der Waals surface area contributed by atoms with E-state index in [1.54, 1.807) is 7.05 Å². The lowest BCUT2D eigenvalue weighted by Crippen LogP contribution is -1.82. The van der Waals surface area contributed by atoms with Crippen LogP contribution >= 0.6 is 0 Å². The lowest BCUT2D eigenvalue weighted by Gasteiger charge is -1.82. The zero-order valence-electron chi connectivity index (χ0n) is 6.13. The molecule has 0 saturated carbocycles. The summed E-state index contributed by atoms with van der Waals surface area (Å²) in [5.74, 6) is 0. The summed E-state index contributed by atoms with van der Waals surface area (Å²) in [6.45, 7) is 3.89. The van der Waals surface area contributed by atoms with Crippen LogP contribution in [0.3, 0.4) is 0 Å². The molecule has 0 aromatic carbocycles. The first-order chi connectivity index (χ1) is 4.31. The van der Waals surface area contributed by atoms with Gasteiger partial charge < -0.3 is 0 Å². The lowest BCUT2D eigenvalue weighted by atomic mass is 10.4. The van der Waals surface area contributed by atoms with Crippen molar-refractivity contribution < 1.29 is 0 Å². The van der Waals surface area contributed by atoms with Gasteiger partial charge >= 0.3 is 0 Å². The first kappa shape index (κ1) is 8.08. The fourth-order valence-electron chi connectivity index (χ4n) is 0.433. The first-order valence-corrected chi connectivity index (χ1v) is 2.89. The molecule has 0 atom stereocenters. The number of allylic oxidation sites excluding steroid dienone is 2. The van der Waals surface area contributed by atoms with Crippen LogP contribution in [0.5, 0.6) is 0 Å². The van der Waals surface area contributed by atoms with Gasteiger partial charge in [-0.15, -0.1) is 0 Å².